The molecule has 2 aliphatic heterocycles. The second-order valence-electron chi connectivity index (χ2n) is 8.13. The van der Waals surface area contributed by atoms with Crippen LogP contribution in [0.25, 0.3) is 10.9 Å². The van der Waals surface area contributed by atoms with Crippen LogP contribution in [0.15, 0.2) is 24.3 Å². The van der Waals surface area contributed by atoms with Crippen LogP contribution in [0.4, 0.5) is 0 Å². The maximum atomic E-state index is 5.41. The van der Waals surface area contributed by atoms with E-state index in [9.17, 15) is 0 Å². The van der Waals surface area contributed by atoms with Gasteiger partial charge in [-0.3, -0.25) is 4.90 Å². The van der Waals surface area contributed by atoms with Crippen LogP contribution in [0.2, 0.25) is 0 Å². The summed E-state index contributed by atoms with van der Waals surface area (Å²) < 4.78 is 5.41. The van der Waals surface area contributed by atoms with Crippen LogP contribution in [-0.2, 0) is 25.8 Å². The van der Waals surface area contributed by atoms with Crippen molar-refractivity contribution in [3.05, 3.63) is 50.8 Å². The van der Waals surface area contributed by atoms with Crippen molar-refractivity contribution in [3.63, 3.8) is 0 Å². The van der Waals surface area contributed by atoms with Gasteiger partial charge >= 0.3 is 0 Å². The number of fused-ring (bicyclic) bond motifs is 6. The summed E-state index contributed by atoms with van der Waals surface area (Å²) in [6, 6.07) is 9.41. The third kappa shape index (κ3) is 2.58. The van der Waals surface area contributed by atoms with E-state index in [0.29, 0.717) is 6.04 Å². The van der Waals surface area contributed by atoms with Gasteiger partial charge < -0.3 is 9.72 Å². The maximum absolute atomic E-state index is 5.41. The van der Waals surface area contributed by atoms with Crippen LogP contribution in [0.3, 0.4) is 0 Å². The van der Waals surface area contributed by atoms with Crippen LogP contribution in [0.1, 0.15) is 46.5 Å². The van der Waals surface area contributed by atoms with Gasteiger partial charge in [0.15, 0.2) is 0 Å². The van der Waals surface area contributed by atoms with Crippen molar-refractivity contribution in [1.82, 2.24) is 9.88 Å². The van der Waals surface area contributed by atoms with Crippen LogP contribution in [0, 0.1) is 5.92 Å². The molecule has 0 spiro atoms. The van der Waals surface area contributed by atoms with Gasteiger partial charge in [0.1, 0.15) is 5.75 Å². The Kier molecular flexibility index (Phi) is 3.87. The molecule has 0 saturated carbocycles. The Morgan fingerprint density at radius 3 is 3.00 bits per heavy atom. The van der Waals surface area contributed by atoms with Crippen molar-refractivity contribution in [3.8, 4) is 5.75 Å². The molecule has 2 aliphatic rings. The summed E-state index contributed by atoms with van der Waals surface area (Å²) in [5.41, 5.74) is 5.74. The molecule has 1 atom stereocenters. The molecule has 2 aromatic heterocycles. The Bertz CT molecular complexity index is 968. The highest BCUT2D eigenvalue weighted by Crippen LogP contribution is 2.43. The van der Waals surface area contributed by atoms with E-state index in [1.165, 1.54) is 28.6 Å². The summed E-state index contributed by atoms with van der Waals surface area (Å²) in [5.74, 6) is 1.66. The minimum atomic E-state index is 0.496. The van der Waals surface area contributed by atoms with Gasteiger partial charge in [0, 0.05) is 51.9 Å². The first kappa shape index (κ1) is 16.4. The third-order valence-corrected chi connectivity index (χ3v) is 7.10. The van der Waals surface area contributed by atoms with Crippen LogP contribution >= 0.6 is 11.3 Å². The summed E-state index contributed by atoms with van der Waals surface area (Å²) >= 11 is 2.05. The Morgan fingerprint density at radius 2 is 2.19 bits per heavy atom. The van der Waals surface area contributed by atoms with Crippen molar-refractivity contribution in [2.24, 2.45) is 5.92 Å². The van der Waals surface area contributed by atoms with E-state index in [1.54, 1.807) is 22.4 Å². The van der Waals surface area contributed by atoms with Crippen LogP contribution in [-0.4, -0.2) is 23.5 Å². The summed E-state index contributed by atoms with van der Waals surface area (Å²) in [4.78, 5) is 9.58. The van der Waals surface area contributed by atoms with E-state index < -0.39 is 0 Å². The van der Waals surface area contributed by atoms with Gasteiger partial charge in [-0.2, -0.15) is 0 Å². The fourth-order valence-corrected chi connectivity index (χ4v) is 6.11. The lowest BCUT2D eigenvalue weighted by Crippen LogP contribution is -2.38. The lowest BCUT2D eigenvalue weighted by molar-refractivity contribution is 0.160. The fraction of sp³-hybridized carbons (Fsp3) is 0.455. The molecule has 0 amide bonds. The van der Waals surface area contributed by atoms with Gasteiger partial charge in [0.25, 0.3) is 0 Å². The second-order valence-corrected chi connectivity index (χ2v) is 9.35. The van der Waals surface area contributed by atoms with Gasteiger partial charge in [0.2, 0.25) is 0 Å². The molecule has 0 radical (unpaired) electrons. The Labute approximate surface area is 159 Å². The van der Waals surface area contributed by atoms with E-state index in [2.05, 4.69) is 48.0 Å². The topological polar surface area (TPSA) is 28.3 Å². The first-order chi connectivity index (χ1) is 12.6. The standard InChI is InChI=1S/C22H26N2OS/c1-13(2)8-16-9-14-12-24-7-6-18-17-5-4-15(25-3)10-19(17)23-22(18)20(24)11-21(14)26-16/h4-5,9-10,13,20,23H,6-8,11-12H2,1-3H3/t20-/m0/s1. The minimum Gasteiger partial charge on any atom is -0.497 e. The Morgan fingerprint density at radius 1 is 1.31 bits per heavy atom. The molecule has 136 valence electrons. The van der Waals surface area contributed by atoms with Crippen molar-refractivity contribution < 1.29 is 4.74 Å². The molecule has 4 heterocycles. The number of ether oxygens (including phenoxy) is 1. The molecule has 1 N–H and O–H groups in total. The molecular formula is C22H26N2OS. The summed E-state index contributed by atoms with van der Waals surface area (Å²) in [7, 11) is 1.74. The molecule has 26 heavy (non-hydrogen) atoms. The van der Waals surface area contributed by atoms with Crippen molar-refractivity contribution in [2.45, 2.75) is 45.7 Å². The molecular weight excluding hydrogens is 340 g/mol. The number of methoxy groups -OCH3 is 1. The van der Waals surface area contributed by atoms with Gasteiger partial charge in [-0.05, 0) is 48.1 Å². The fourth-order valence-electron chi connectivity index (χ4n) is 4.68. The second kappa shape index (κ2) is 6.14. The predicted octanol–water partition coefficient (Wildman–Crippen LogP) is 5.09. The molecule has 0 bridgehead atoms. The summed E-state index contributed by atoms with van der Waals surface area (Å²) in [6.07, 6.45) is 3.49. The Hall–Kier alpha value is -1.78. The lowest BCUT2D eigenvalue weighted by atomic mass is 9.91. The summed E-state index contributed by atoms with van der Waals surface area (Å²) in [6.45, 7) is 6.89. The normalized spacial score (nSPS) is 19.5. The van der Waals surface area contributed by atoms with E-state index in [-0.39, 0.29) is 0 Å². The molecule has 5 rings (SSSR count). The highest BCUT2D eigenvalue weighted by atomic mass is 32.1. The number of benzene rings is 1. The average molecular weight is 367 g/mol. The molecule has 0 saturated heterocycles. The lowest BCUT2D eigenvalue weighted by Gasteiger charge is -2.39. The van der Waals surface area contributed by atoms with Gasteiger partial charge in [0.05, 0.1) is 13.2 Å². The zero-order valence-corrected chi connectivity index (χ0v) is 16.6. The van der Waals surface area contributed by atoms with Gasteiger partial charge in [-0.15, -0.1) is 11.3 Å². The number of thiophene rings is 1. The number of aromatic nitrogens is 1. The summed E-state index contributed by atoms with van der Waals surface area (Å²) in [5, 5.41) is 1.37. The number of rotatable bonds is 3. The molecule has 3 nitrogen and oxygen atoms in total. The highest BCUT2D eigenvalue weighted by molar-refractivity contribution is 7.12. The monoisotopic (exact) mass is 366 g/mol. The maximum Gasteiger partial charge on any atom is 0.120 e. The van der Waals surface area contributed by atoms with Gasteiger partial charge in [-0.25, -0.2) is 0 Å². The number of hydrogen-bond acceptors (Lipinski definition) is 3. The number of aromatic amines is 1. The molecule has 3 aromatic rings. The zero-order chi connectivity index (χ0) is 17.8. The van der Waals surface area contributed by atoms with Crippen molar-refractivity contribution in [2.75, 3.05) is 13.7 Å². The zero-order valence-electron chi connectivity index (χ0n) is 15.8. The SMILES string of the molecule is COc1ccc2c3c([nH]c2c1)[C@@H]1Cc2sc(CC(C)C)cc2CN1CC3. The predicted molar refractivity (Wildman–Crippen MR) is 108 cm³/mol. The van der Waals surface area contributed by atoms with Crippen molar-refractivity contribution >= 4 is 22.2 Å². The Balaban J connectivity index is 1.52. The minimum absolute atomic E-state index is 0.496. The molecule has 0 fully saturated rings. The highest BCUT2D eigenvalue weighted by Gasteiger charge is 2.35. The molecule has 0 aliphatic carbocycles. The molecule has 0 unspecified atom stereocenters. The quantitative estimate of drug-likeness (QED) is 0.699. The molecule has 4 heteroatoms. The largest absolute Gasteiger partial charge is 0.497 e. The van der Waals surface area contributed by atoms with Crippen LogP contribution < -0.4 is 4.74 Å². The first-order valence-electron chi connectivity index (χ1n) is 9.65. The van der Waals surface area contributed by atoms with Crippen molar-refractivity contribution in [1.29, 1.82) is 0 Å². The van der Waals surface area contributed by atoms with E-state index in [4.69, 9.17) is 4.74 Å². The average Bonchev–Trinajstić information content (AvgIpc) is 3.18. The van der Waals surface area contributed by atoms with Gasteiger partial charge in [-0.1, -0.05) is 13.8 Å². The van der Waals surface area contributed by atoms with Crippen LogP contribution in [0.5, 0.6) is 5.75 Å². The van der Waals surface area contributed by atoms with E-state index in [1.807, 2.05) is 11.3 Å². The molecule has 1 aromatic carbocycles. The smallest absolute Gasteiger partial charge is 0.120 e. The first-order valence-corrected chi connectivity index (χ1v) is 10.5. The number of hydrogen-bond donors (Lipinski definition) is 1. The number of H-pyrrole nitrogens is 1. The van der Waals surface area contributed by atoms with E-state index >= 15 is 0 Å². The number of nitrogens with zero attached hydrogens (tertiary/aromatic N) is 1. The van der Waals surface area contributed by atoms with E-state index in [0.717, 1.165) is 37.6 Å². The third-order valence-electron chi connectivity index (χ3n) is 5.88. The number of nitrogens with one attached hydrogen (secondary N) is 1.